The number of allylic oxidation sites excluding steroid dienone is 7. The SMILES string of the molecule is CCCCC/C=C\C/C=C\C/C=C\CCCCCCCCC(=O)OC1CCC2(C)C(=CCC3C2CCC2(C)C(C(C)CCC(C)C(C)C)CCC32)C1. The molecule has 4 rings (SSSR count). The lowest BCUT2D eigenvalue weighted by molar-refractivity contribution is -0.151. The number of unbranched alkanes of at least 4 members (excludes halogenated alkanes) is 9. The largest absolute Gasteiger partial charge is 0.462 e. The summed E-state index contributed by atoms with van der Waals surface area (Å²) in [4.78, 5) is 12.9. The van der Waals surface area contributed by atoms with Gasteiger partial charge in [0.2, 0.25) is 0 Å². The predicted molar refractivity (Wildman–Crippen MR) is 225 cm³/mol. The van der Waals surface area contributed by atoms with E-state index in [-0.39, 0.29) is 12.1 Å². The molecule has 0 N–H and O–H groups in total. The third kappa shape index (κ3) is 12.2. The summed E-state index contributed by atoms with van der Waals surface area (Å²) in [6.07, 6.45) is 46.0. The summed E-state index contributed by atoms with van der Waals surface area (Å²) in [5, 5.41) is 0. The van der Waals surface area contributed by atoms with E-state index < -0.39 is 0 Å². The minimum Gasteiger partial charge on any atom is -0.462 e. The first kappa shape index (κ1) is 43.2. The van der Waals surface area contributed by atoms with Gasteiger partial charge in [-0.25, -0.2) is 0 Å². The molecule has 0 aromatic carbocycles. The van der Waals surface area contributed by atoms with Gasteiger partial charge in [0, 0.05) is 12.8 Å². The van der Waals surface area contributed by atoms with Gasteiger partial charge in [0.15, 0.2) is 0 Å². The summed E-state index contributed by atoms with van der Waals surface area (Å²) in [5.74, 6) is 6.05. The molecule has 3 saturated carbocycles. The highest BCUT2D eigenvalue weighted by molar-refractivity contribution is 5.69. The quantitative estimate of drug-likeness (QED) is 0.0598. The number of hydrogen-bond donors (Lipinski definition) is 0. The van der Waals surface area contributed by atoms with Gasteiger partial charge in [-0.15, -0.1) is 0 Å². The van der Waals surface area contributed by atoms with Gasteiger partial charge in [-0.2, -0.15) is 0 Å². The molecule has 9 unspecified atom stereocenters. The van der Waals surface area contributed by atoms with Crippen molar-refractivity contribution in [1.82, 2.24) is 0 Å². The lowest BCUT2D eigenvalue weighted by Crippen LogP contribution is -2.51. The predicted octanol–water partition coefficient (Wildman–Crippen LogP) is 15.3. The number of carbonyl (C=O) groups excluding carboxylic acids is 1. The number of esters is 1. The fraction of sp³-hybridized carbons (Fsp3) is 0.820. The zero-order valence-electron chi connectivity index (χ0n) is 35.4. The van der Waals surface area contributed by atoms with E-state index >= 15 is 0 Å². The number of rotatable bonds is 23. The topological polar surface area (TPSA) is 26.3 Å². The molecule has 52 heavy (non-hydrogen) atoms. The van der Waals surface area contributed by atoms with Gasteiger partial charge >= 0.3 is 5.97 Å². The average Bonchev–Trinajstić information content (AvgIpc) is 3.48. The third-order valence-electron chi connectivity index (χ3n) is 15.4. The lowest BCUT2D eigenvalue weighted by atomic mass is 9.47. The molecule has 0 heterocycles. The van der Waals surface area contributed by atoms with Crippen LogP contribution in [-0.2, 0) is 9.53 Å². The zero-order valence-corrected chi connectivity index (χ0v) is 35.4. The Hall–Kier alpha value is -1.57. The molecule has 0 aromatic heterocycles. The zero-order chi connectivity index (χ0) is 37.4. The van der Waals surface area contributed by atoms with Gasteiger partial charge in [-0.3, -0.25) is 4.79 Å². The van der Waals surface area contributed by atoms with Crippen molar-refractivity contribution in [2.75, 3.05) is 0 Å². The maximum atomic E-state index is 12.9. The molecule has 0 radical (unpaired) electrons. The molecule has 2 nitrogen and oxygen atoms in total. The van der Waals surface area contributed by atoms with Gasteiger partial charge in [-0.05, 0) is 142 Å². The maximum Gasteiger partial charge on any atom is 0.306 e. The first-order valence-electron chi connectivity index (χ1n) is 22.9. The van der Waals surface area contributed by atoms with Crippen molar-refractivity contribution >= 4 is 5.97 Å². The fourth-order valence-electron chi connectivity index (χ4n) is 11.5. The monoisotopic (exact) mass is 717 g/mol. The van der Waals surface area contributed by atoms with Gasteiger partial charge < -0.3 is 4.74 Å². The molecule has 4 aliphatic carbocycles. The van der Waals surface area contributed by atoms with Crippen molar-refractivity contribution in [1.29, 1.82) is 0 Å². The van der Waals surface area contributed by atoms with Crippen molar-refractivity contribution in [3.63, 3.8) is 0 Å². The Morgan fingerprint density at radius 1 is 0.769 bits per heavy atom. The summed E-state index contributed by atoms with van der Waals surface area (Å²) < 4.78 is 6.14. The van der Waals surface area contributed by atoms with E-state index in [0.717, 1.165) is 80.0 Å². The van der Waals surface area contributed by atoms with Crippen LogP contribution in [0, 0.1) is 52.3 Å². The molecule has 0 amide bonds. The second-order valence-electron chi connectivity index (χ2n) is 19.2. The molecule has 4 aliphatic rings. The Morgan fingerprint density at radius 3 is 2.12 bits per heavy atom. The number of hydrogen-bond acceptors (Lipinski definition) is 2. The van der Waals surface area contributed by atoms with Crippen LogP contribution in [0.15, 0.2) is 48.1 Å². The minimum absolute atomic E-state index is 0.0485. The van der Waals surface area contributed by atoms with Crippen molar-refractivity contribution in [2.45, 2.75) is 209 Å². The second-order valence-corrected chi connectivity index (χ2v) is 19.2. The highest BCUT2D eigenvalue weighted by Crippen LogP contribution is 2.67. The van der Waals surface area contributed by atoms with Crippen molar-refractivity contribution < 1.29 is 9.53 Å². The van der Waals surface area contributed by atoms with Crippen LogP contribution in [0.25, 0.3) is 0 Å². The van der Waals surface area contributed by atoms with E-state index in [2.05, 4.69) is 91.0 Å². The summed E-state index contributed by atoms with van der Waals surface area (Å²) >= 11 is 0. The standard InChI is InChI=1S/C50H84O2/c1-8-9-10-11-12-13-14-15-16-17-18-19-20-21-22-23-24-25-26-27-48(51)52-43-34-36-49(6)42(38-43)30-31-44-46-33-32-45(50(46,7)37-35-47(44)49)41(5)29-28-40(4)39(2)3/h12-13,15-16,18-19,30,39-41,43-47H,8-11,14,17,20-29,31-38H2,1-7H3/b13-12-,16-15-,19-18-. The number of carbonyl (C=O) groups is 1. The van der Waals surface area contributed by atoms with E-state index in [1.54, 1.807) is 5.57 Å². The Labute approximate surface area is 323 Å². The molecule has 0 bridgehead atoms. The Morgan fingerprint density at radius 2 is 1.42 bits per heavy atom. The van der Waals surface area contributed by atoms with Crippen LogP contribution in [-0.4, -0.2) is 12.1 Å². The molecule has 296 valence electrons. The molecule has 0 aromatic rings. The lowest BCUT2D eigenvalue weighted by Gasteiger charge is -2.58. The van der Waals surface area contributed by atoms with E-state index in [1.165, 1.54) is 109 Å². The molecule has 3 fully saturated rings. The highest BCUT2D eigenvalue weighted by atomic mass is 16.5. The normalized spacial score (nSPS) is 31.5. The molecule has 0 saturated heterocycles. The number of fused-ring (bicyclic) bond motifs is 5. The van der Waals surface area contributed by atoms with Gasteiger partial charge in [0.05, 0.1) is 0 Å². The smallest absolute Gasteiger partial charge is 0.306 e. The second kappa shape index (κ2) is 22.1. The van der Waals surface area contributed by atoms with Crippen molar-refractivity contribution in [3.05, 3.63) is 48.1 Å². The molecular formula is C50H84O2. The molecule has 0 aliphatic heterocycles. The van der Waals surface area contributed by atoms with E-state index in [4.69, 9.17) is 4.74 Å². The maximum absolute atomic E-state index is 12.9. The van der Waals surface area contributed by atoms with Crippen LogP contribution in [0.5, 0.6) is 0 Å². The molecule has 0 spiro atoms. The Balaban J connectivity index is 1.08. The van der Waals surface area contributed by atoms with Gasteiger partial charge in [-0.1, -0.05) is 148 Å². The van der Waals surface area contributed by atoms with E-state index in [9.17, 15) is 4.79 Å². The van der Waals surface area contributed by atoms with E-state index in [1.807, 2.05) is 0 Å². The first-order valence-corrected chi connectivity index (χ1v) is 22.9. The fourth-order valence-corrected chi connectivity index (χ4v) is 11.5. The summed E-state index contributed by atoms with van der Waals surface area (Å²) in [5.41, 5.74) is 2.50. The van der Waals surface area contributed by atoms with Crippen molar-refractivity contribution in [2.24, 2.45) is 52.3 Å². The molecular weight excluding hydrogens is 633 g/mol. The van der Waals surface area contributed by atoms with Crippen LogP contribution in [0.1, 0.15) is 203 Å². The van der Waals surface area contributed by atoms with Crippen molar-refractivity contribution in [3.8, 4) is 0 Å². The Bertz CT molecular complexity index is 1160. The average molecular weight is 717 g/mol. The minimum atomic E-state index is 0.0485. The van der Waals surface area contributed by atoms with E-state index in [0.29, 0.717) is 17.3 Å². The molecule has 2 heteroatoms. The van der Waals surface area contributed by atoms with Crippen LogP contribution >= 0.6 is 0 Å². The summed E-state index contributed by atoms with van der Waals surface area (Å²) in [7, 11) is 0. The molecule has 9 atom stereocenters. The van der Waals surface area contributed by atoms with Crippen LogP contribution in [0.2, 0.25) is 0 Å². The van der Waals surface area contributed by atoms with Crippen LogP contribution in [0.3, 0.4) is 0 Å². The van der Waals surface area contributed by atoms with Crippen LogP contribution in [0.4, 0.5) is 0 Å². The van der Waals surface area contributed by atoms with Gasteiger partial charge in [0.1, 0.15) is 6.10 Å². The summed E-state index contributed by atoms with van der Waals surface area (Å²) in [6, 6.07) is 0. The Kier molecular flexibility index (Phi) is 18.3. The van der Waals surface area contributed by atoms with Gasteiger partial charge in [0.25, 0.3) is 0 Å². The summed E-state index contributed by atoms with van der Waals surface area (Å²) in [6.45, 7) is 17.4. The highest BCUT2D eigenvalue weighted by Gasteiger charge is 2.59. The third-order valence-corrected chi connectivity index (χ3v) is 15.4. The first-order chi connectivity index (χ1) is 25.1. The number of ether oxygens (including phenoxy) is 1. The van der Waals surface area contributed by atoms with Crippen LogP contribution < -0.4 is 0 Å².